The summed E-state index contributed by atoms with van der Waals surface area (Å²) in [5, 5.41) is 2.03. The van der Waals surface area contributed by atoms with Gasteiger partial charge in [-0.05, 0) is 37.0 Å². The van der Waals surface area contributed by atoms with Gasteiger partial charge in [0.15, 0.2) is 0 Å². The molecule has 1 atom stereocenters. The Bertz CT molecular complexity index is 443. The Kier molecular flexibility index (Phi) is 3.36. The third-order valence-electron chi connectivity index (χ3n) is 2.90. The van der Waals surface area contributed by atoms with Crippen molar-refractivity contribution in [2.45, 2.75) is 26.3 Å². The molecule has 0 aliphatic rings. The van der Waals surface area contributed by atoms with Crippen LogP contribution in [-0.2, 0) is 6.42 Å². The molecule has 1 aromatic heterocycles. The lowest BCUT2D eigenvalue weighted by molar-refractivity contribution is 0.696. The molecule has 0 saturated heterocycles. The molecule has 0 saturated carbocycles. The van der Waals surface area contributed by atoms with Gasteiger partial charge in [0.1, 0.15) is 0 Å². The lowest BCUT2D eigenvalue weighted by Gasteiger charge is -2.13. The summed E-state index contributed by atoms with van der Waals surface area (Å²) in [6.07, 6.45) is 0.863. The Morgan fingerprint density at radius 1 is 1.31 bits per heavy atom. The largest absolute Gasteiger partial charge is 0.322 e. The number of aromatic nitrogens is 1. The van der Waals surface area contributed by atoms with Gasteiger partial charge in [0.05, 0.1) is 17.2 Å². The fraction of sp³-hybridized carbons (Fsp3) is 0.308. The zero-order chi connectivity index (χ0) is 11.5. The SMILES string of the molecule is Cc1cccc(C)c1CC(N)c1cscn1. The molecule has 2 nitrogen and oxygen atoms in total. The molecular formula is C13H16N2S. The van der Waals surface area contributed by atoms with E-state index >= 15 is 0 Å². The van der Waals surface area contributed by atoms with Crippen LogP contribution in [0.3, 0.4) is 0 Å². The number of aryl methyl sites for hydroxylation is 2. The van der Waals surface area contributed by atoms with Crippen molar-refractivity contribution in [3.05, 3.63) is 51.5 Å². The zero-order valence-electron chi connectivity index (χ0n) is 9.60. The molecule has 2 aromatic rings. The van der Waals surface area contributed by atoms with Crippen LogP contribution in [0.2, 0.25) is 0 Å². The number of rotatable bonds is 3. The number of nitrogens with two attached hydrogens (primary N) is 1. The van der Waals surface area contributed by atoms with E-state index in [0.717, 1.165) is 12.1 Å². The second kappa shape index (κ2) is 4.76. The van der Waals surface area contributed by atoms with Gasteiger partial charge in [-0.25, -0.2) is 4.98 Å². The molecule has 1 aromatic carbocycles. The van der Waals surface area contributed by atoms with Crippen molar-refractivity contribution in [3.8, 4) is 0 Å². The van der Waals surface area contributed by atoms with Crippen LogP contribution in [0.4, 0.5) is 0 Å². The first-order valence-electron chi connectivity index (χ1n) is 5.37. The van der Waals surface area contributed by atoms with E-state index in [0.29, 0.717) is 0 Å². The maximum Gasteiger partial charge on any atom is 0.0795 e. The highest BCUT2D eigenvalue weighted by Gasteiger charge is 2.11. The van der Waals surface area contributed by atoms with Crippen molar-refractivity contribution in [2.24, 2.45) is 5.73 Å². The van der Waals surface area contributed by atoms with E-state index in [1.165, 1.54) is 16.7 Å². The summed E-state index contributed by atoms with van der Waals surface area (Å²) in [5.74, 6) is 0. The van der Waals surface area contributed by atoms with Crippen molar-refractivity contribution in [1.82, 2.24) is 4.98 Å². The van der Waals surface area contributed by atoms with Crippen molar-refractivity contribution in [2.75, 3.05) is 0 Å². The van der Waals surface area contributed by atoms with Crippen LogP contribution in [-0.4, -0.2) is 4.98 Å². The van der Waals surface area contributed by atoms with Gasteiger partial charge < -0.3 is 5.73 Å². The minimum absolute atomic E-state index is 0.00560. The molecule has 3 heteroatoms. The van der Waals surface area contributed by atoms with Crippen LogP contribution in [0.5, 0.6) is 0 Å². The summed E-state index contributed by atoms with van der Waals surface area (Å²) >= 11 is 1.60. The van der Waals surface area contributed by atoms with E-state index in [1.807, 2.05) is 10.9 Å². The summed E-state index contributed by atoms with van der Waals surface area (Å²) in [6.45, 7) is 4.27. The Morgan fingerprint density at radius 3 is 2.56 bits per heavy atom. The first-order chi connectivity index (χ1) is 7.68. The average Bonchev–Trinajstić information content (AvgIpc) is 2.76. The molecule has 84 valence electrons. The topological polar surface area (TPSA) is 38.9 Å². The predicted octanol–water partition coefficient (Wildman–Crippen LogP) is 3.00. The van der Waals surface area contributed by atoms with Crippen molar-refractivity contribution in [1.29, 1.82) is 0 Å². The van der Waals surface area contributed by atoms with Crippen LogP contribution in [0.1, 0.15) is 28.4 Å². The van der Waals surface area contributed by atoms with E-state index in [-0.39, 0.29) is 6.04 Å². The van der Waals surface area contributed by atoms with Crippen molar-refractivity contribution < 1.29 is 0 Å². The highest BCUT2D eigenvalue weighted by atomic mass is 32.1. The molecule has 0 amide bonds. The minimum Gasteiger partial charge on any atom is -0.322 e. The molecule has 0 radical (unpaired) electrons. The smallest absolute Gasteiger partial charge is 0.0795 e. The Balaban J connectivity index is 2.21. The second-order valence-corrected chi connectivity index (χ2v) is 4.81. The van der Waals surface area contributed by atoms with Crippen molar-refractivity contribution >= 4 is 11.3 Å². The third-order valence-corrected chi connectivity index (χ3v) is 3.50. The first kappa shape index (κ1) is 11.3. The highest BCUT2D eigenvalue weighted by molar-refractivity contribution is 7.07. The standard InChI is InChI=1S/C13H16N2S/c1-9-4-3-5-10(2)11(9)6-12(14)13-7-16-8-15-13/h3-5,7-8,12H,6,14H2,1-2H3. The monoisotopic (exact) mass is 232 g/mol. The quantitative estimate of drug-likeness (QED) is 0.883. The van der Waals surface area contributed by atoms with Crippen LogP contribution in [0, 0.1) is 13.8 Å². The summed E-state index contributed by atoms with van der Waals surface area (Å²) in [4.78, 5) is 4.27. The van der Waals surface area contributed by atoms with Gasteiger partial charge in [0, 0.05) is 5.38 Å². The van der Waals surface area contributed by atoms with Crippen LogP contribution >= 0.6 is 11.3 Å². The van der Waals surface area contributed by atoms with Gasteiger partial charge in [0.25, 0.3) is 0 Å². The maximum atomic E-state index is 6.15. The molecule has 1 heterocycles. The first-order valence-corrected chi connectivity index (χ1v) is 6.31. The summed E-state index contributed by atoms with van der Waals surface area (Å²) in [7, 11) is 0. The van der Waals surface area contributed by atoms with Crippen LogP contribution in [0.15, 0.2) is 29.1 Å². The Morgan fingerprint density at radius 2 is 2.00 bits per heavy atom. The number of benzene rings is 1. The van der Waals surface area contributed by atoms with Crippen LogP contribution < -0.4 is 5.73 Å². The van der Waals surface area contributed by atoms with Crippen molar-refractivity contribution in [3.63, 3.8) is 0 Å². The third kappa shape index (κ3) is 2.31. The summed E-state index contributed by atoms with van der Waals surface area (Å²) in [5.41, 5.74) is 13.0. The molecule has 2 N–H and O–H groups in total. The minimum atomic E-state index is 0.00560. The van der Waals surface area contributed by atoms with Gasteiger partial charge >= 0.3 is 0 Å². The molecule has 0 aliphatic carbocycles. The van der Waals surface area contributed by atoms with E-state index in [9.17, 15) is 0 Å². The van der Waals surface area contributed by atoms with E-state index < -0.39 is 0 Å². The molecular weight excluding hydrogens is 216 g/mol. The maximum absolute atomic E-state index is 6.15. The molecule has 16 heavy (non-hydrogen) atoms. The van der Waals surface area contributed by atoms with E-state index in [2.05, 4.69) is 37.0 Å². The fourth-order valence-corrected chi connectivity index (χ4v) is 2.52. The number of nitrogens with zero attached hydrogens (tertiary/aromatic N) is 1. The van der Waals surface area contributed by atoms with Gasteiger partial charge in [0.2, 0.25) is 0 Å². The second-order valence-electron chi connectivity index (χ2n) is 4.09. The van der Waals surface area contributed by atoms with Gasteiger partial charge in [-0.15, -0.1) is 11.3 Å². The molecule has 0 aliphatic heterocycles. The zero-order valence-corrected chi connectivity index (χ0v) is 10.4. The predicted molar refractivity (Wildman–Crippen MR) is 68.7 cm³/mol. The molecule has 2 rings (SSSR count). The molecule has 0 fully saturated rings. The summed E-state index contributed by atoms with van der Waals surface area (Å²) < 4.78 is 0. The fourth-order valence-electron chi connectivity index (χ4n) is 1.90. The van der Waals surface area contributed by atoms with E-state index in [4.69, 9.17) is 5.73 Å². The highest BCUT2D eigenvalue weighted by Crippen LogP contribution is 2.21. The normalized spacial score (nSPS) is 12.7. The van der Waals surface area contributed by atoms with Crippen LogP contribution in [0.25, 0.3) is 0 Å². The lowest BCUT2D eigenvalue weighted by atomic mass is 9.96. The Labute approximate surface area is 100 Å². The van der Waals surface area contributed by atoms with Gasteiger partial charge in [-0.1, -0.05) is 18.2 Å². The number of hydrogen-bond acceptors (Lipinski definition) is 3. The average molecular weight is 232 g/mol. The lowest BCUT2D eigenvalue weighted by Crippen LogP contribution is -2.15. The van der Waals surface area contributed by atoms with Gasteiger partial charge in [-0.3, -0.25) is 0 Å². The van der Waals surface area contributed by atoms with Gasteiger partial charge in [-0.2, -0.15) is 0 Å². The van der Waals surface area contributed by atoms with E-state index in [1.54, 1.807) is 11.3 Å². The molecule has 0 bridgehead atoms. The number of hydrogen-bond donors (Lipinski definition) is 1. The molecule has 1 unspecified atom stereocenters. The summed E-state index contributed by atoms with van der Waals surface area (Å²) in [6, 6.07) is 6.36. The Hall–Kier alpha value is -1.19. The molecule has 0 spiro atoms. The number of thiazole rings is 1.